The molecule has 0 saturated heterocycles. The van der Waals surface area contributed by atoms with Gasteiger partial charge in [-0.25, -0.2) is 8.42 Å². The molecule has 0 heterocycles. The van der Waals surface area contributed by atoms with E-state index in [9.17, 15) is 28.1 Å². The number of hydrogen-bond donors (Lipinski definition) is 1. The van der Waals surface area contributed by atoms with E-state index in [1.807, 2.05) is 38.1 Å². The lowest BCUT2D eigenvalue weighted by molar-refractivity contribution is -0.384. The minimum Gasteiger partial charge on any atom is -0.352 e. The zero-order valence-corrected chi connectivity index (χ0v) is 24.6. The lowest BCUT2D eigenvalue weighted by Gasteiger charge is -2.33. The van der Waals surface area contributed by atoms with Crippen molar-refractivity contribution in [1.82, 2.24) is 10.2 Å². The number of nitro benzene ring substituents is 1. The van der Waals surface area contributed by atoms with Crippen LogP contribution in [0.2, 0.25) is 0 Å². The van der Waals surface area contributed by atoms with Gasteiger partial charge < -0.3 is 10.2 Å². The summed E-state index contributed by atoms with van der Waals surface area (Å²) in [4.78, 5) is 39.9. The molecule has 2 amide bonds. The largest absolute Gasteiger partial charge is 0.352 e. The smallest absolute Gasteiger partial charge is 0.271 e. The second kappa shape index (κ2) is 13.6. The number of nitrogens with zero attached hydrogens (tertiary/aromatic N) is 3. The molecule has 10 nitrogen and oxygen atoms in total. The van der Waals surface area contributed by atoms with Gasteiger partial charge in [0.05, 0.1) is 15.5 Å². The van der Waals surface area contributed by atoms with Crippen LogP contribution in [0.4, 0.5) is 11.4 Å². The molecule has 1 atom stereocenters. The van der Waals surface area contributed by atoms with Crippen molar-refractivity contribution in [3.63, 3.8) is 0 Å². The maximum Gasteiger partial charge on any atom is 0.271 e. The number of nitrogens with one attached hydrogen (secondary N) is 1. The van der Waals surface area contributed by atoms with Crippen molar-refractivity contribution in [2.24, 2.45) is 0 Å². The number of hydrogen-bond acceptors (Lipinski definition) is 6. The van der Waals surface area contributed by atoms with Gasteiger partial charge in [-0.15, -0.1) is 0 Å². The van der Waals surface area contributed by atoms with Crippen LogP contribution in [0.5, 0.6) is 0 Å². The molecule has 1 aliphatic carbocycles. The zero-order chi connectivity index (χ0) is 30.3. The molecule has 0 aromatic heterocycles. The predicted molar refractivity (Wildman–Crippen MR) is 160 cm³/mol. The number of amides is 2. The minimum absolute atomic E-state index is 0.0276. The fourth-order valence-electron chi connectivity index (χ4n) is 5.19. The van der Waals surface area contributed by atoms with Crippen LogP contribution in [0.15, 0.2) is 83.8 Å². The summed E-state index contributed by atoms with van der Waals surface area (Å²) in [6.07, 6.45) is 4.14. The van der Waals surface area contributed by atoms with Gasteiger partial charge in [-0.2, -0.15) is 0 Å². The van der Waals surface area contributed by atoms with Crippen molar-refractivity contribution < 1.29 is 22.9 Å². The first kappa shape index (κ1) is 30.7. The number of rotatable bonds is 12. The lowest BCUT2D eigenvalue weighted by Crippen LogP contribution is -2.53. The molecule has 11 heteroatoms. The molecule has 1 N–H and O–H groups in total. The minimum atomic E-state index is -4.31. The molecule has 1 fully saturated rings. The van der Waals surface area contributed by atoms with Crippen LogP contribution in [-0.4, -0.2) is 48.7 Å². The molecule has 1 unspecified atom stereocenters. The Labute approximate surface area is 246 Å². The van der Waals surface area contributed by atoms with Gasteiger partial charge in [0, 0.05) is 24.7 Å². The molecule has 3 aromatic carbocycles. The van der Waals surface area contributed by atoms with Crippen molar-refractivity contribution in [1.29, 1.82) is 0 Å². The van der Waals surface area contributed by atoms with E-state index in [0.29, 0.717) is 6.42 Å². The summed E-state index contributed by atoms with van der Waals surface area (Å²) < 4.78 is 28.6. The first-order valence-corrected chi connectivity index (χ1v) is 15.5. The molecule has 0 radical (unpaired) electrons. The van der Waals surface area contributed by atoms with Crippen molar-refractivity contribution >= 4 is 33.2 Å². The Bertz CT molecular complexity index is 1510. The summed E-state index contributed by atoms with van der Waals surface area (Å²) in [7, 11) is -4.31. The summed E-state index contributed by atoms with van der Waals surface area (Å²) in [5.41, 5.74) is 1.48. The molecule has 0 aliphatic heterocycles. The Morgan fingerprint density at radius 2 is 1.67 bits per heavy atom. The number of non-ortho nitro benzene ring substituents is 1. The third kappa shape index (κ3) is 7.33. The quantitative estimate of drug-likeness (QED) is 0.234. The van der Waals surface area contributed by atoms with E-state index in [0.717, 1.165) is 47.2 Å². The normalized spacial score (nSPS) is 14.2. The molecule has 42 heavy (non-hydrogen) atoms. The molecule has 222 valence electrons. The number of carbonyl (C=O) groups excluding carboxylic acids is 2. The van der Waals surface area contributed by atoms with E-state index in [1.54, 1.807) is 18.2 Å². The third-order valence-corrected chi connectivity index (χ3v) is 9.29. The van der Waals surface area contributed by atoms with Crippen LogP contribution >= 0.6 is 0 Å². The van der Waals surface area contributed by atoms with Gasteiger partial charge in [-0.3, -0.25) is 24.0 Å². The Hall–Kier alpha value is -4.25. The number of nitro groups is 1. The molecule has 0 bridgehead atoms. The van der Waals surface area contributed by atoms with Crippen molar-refractivity contribution in [2.45, 2.75) is 69.5 Å². The Kier molecular flexibility index (Phi) is 9.95. The first-order valence-electron chi connectivity index (χ1n) is 14.1. The molecule has 0 spiro atoms. The van der Waals surface area contributed by atoms with E-state index >= 15 is 0 Å². The molecular weight excluding hydrogens is 556 g/mol. The topological polar surface area (TPSA) is 130 Å². The van der Waals surface area contributed by atoms with Crippen LogP contribution in [0.25, 0.3) is 0 Å². The van der Waals surface area contributed by atoms with Crippen LogP contribution in [0.3, 0.4) is 0 Å². The van der Waals surface area contributed by atoms with Crippen LogP contribution < -0.4 is 9.62 Å². The molecule has 3 aromatic rings. The average molecular weight is 593 g/mol. The van der Waals surface area contributed by atoms with Gasteiger partial charge in [0.1, 0.15) is 12.6 Å². The van der Waals surface area contributed by atoms with Gasteiger partial charge in [0.25, 0.3) is 15.7 Å². The summed E-state index contributed by atoms with van der Waals surface area (Å²) in [5, 5.41) is 14.6. The van der Waals surface area contributed by atoms with Gasteiger partial charge >= 0.3 is 0 Å². The fraction of sp³-hybridized carbons (Fsp3) is 0.355. The predicted octanol–water partition coefficient (Wildman–Crippen LogP) is 4.96. The van der Waals surface area contributed by atoms with Gasteiger partial charge in [-0.05, 0) is 49.9 Å². The molecule has 4 rings (SSSR count). The Morgan fingerprint density at radius 3 is 2.29 bits per heavy atom. The number of benzene rings is 3. The number of anilines is 1. The monoisotopic (exact) mass is 592 g/mol. The number of aryl methyl sites for hydroxylation is 1. The van der Waals surface area contributed by atoms with Gasteiger partial charge in [0.2, 0.25) is 11.8 Å². The number of sulfonamides is 1. The van der Waals surface area contributed by atoms with Crippen molar-refractivity contribution in [3.8, 4) is 0 Å². The van der Waals surface area contributed by atoms with E-state index in [4.69, 9.17) is 0 Å². The van der Waals surface area contributed by atoms with Crippen LogP contribution in [0.1, 0.15) is 50.2 Å². The second-order valence-electron chi connectivity index (χ2n) is 10.5. The summed E-state index contributed by atoms with van der Waals surface area (Å²) in [6.45, 7) is 3.19. The van der Waals surface area contributed by atoms with Gasteiger partial charge in [-0.1, -0.05) is 73.9 Å². The zero-order valence-electron chi connectivity index (χ0n) is 23.8. The fourth-order valence-corrected chi connectivity index (χ4v) is 6.61. The highest BCUT2D eigenvalue weighted by atomic mass is 32.2. The molecule has 1 aliphatic rings. The highest BCUT2D eigenvalue weighted by molar-refractivity contribution is 7.92. The Morgan fingerprint density at radius 1 is 1.00 bits per heavy atom. The molecular formula is C31H36N4O6S. The number of carbonyl (C=O) groups is 2. The van der Waals surface area contributed by atoms with Gasteiger partial charge in [0.15, 0.2) is 0 Å². The average Bonchev–Trinajstić information content (AvgIpc) is 3.50. The summed E-state index contributed by atoms with van der Waals surface area (Å²) >= 11 is 0. The first-order chi connectivity index (χ1) is 20.1. The van der Waals surface area contributed by atoms with Crippen LogP contribution in [0, 0.1) is 17.0 Å². The summed E-state index contributed by atoms with van der Waals surface area (Å²) in [5.74, 6) is -0.882. The Balaban J connectivity index is 1.73. The third-order valence-electron chi connectivity index (χ3n) is 7.50. The second-order valence-corrected chi connectivity index (χ2v) is 12.4. The van der Waals surface area contributed by atoms with E-state index in [-0.39, 0.29) is 34.8 Å². The van der Waals surface area contributed by atoms with Crippen LogP contribution in [-0.2, 0) is 26.2 Å². The molecule has 1 saturated carbocycles. The van der Waals surface area contributed by atoms with Crippen molar-refractivity contribution in [2.75, 3.05) is 10.8 Å². The standard InChI is InChI=1S/C31H36N4O6S/c1-3-29(31(37)32-25-10-7-8-11-25)33(21-24-18-16-23(2)17-19-24)30(36)22-34(26-12-9-13-27(20-26)35(38)39)42(40,41)28-14-5-4-6-15-28/h4-6,9,12-20,25,29H,3,7-8,10-11,21-22H2,1-2H3,(H,32,37). The highest BCUT2D eigenvalue weighted by Gasteiger charge is 2.35. The maximum absolute atomic E-state index is 14.1. The lowest BCUT2D eigenvalue weighted by atomic mass is 10.1. The van der Waals surface area contributed by atoms with E-state index in [2.05, 4.69) is 5.32 Å². The maximum atomic E-state index is 14.1. The SMILES string of the molecule is CCC(C(=O)NC1CCCC1)N(Cc1ccc(C)cc1)C(=O)CN(c1cccc([N+](=O)[O-])c1)S(=O)(=O)c1ccccc1. The summed E-state index contributed by atoms with van der Waals surface area (Å²) in [6, 6.07) is 19.5. The van der Waals surface area contributed by atoms with E-state index in [1.165, 1.54) is 35.2 Å². The van der Waals surface area contributed by atoms with Crippen molar-refractivity contribution in [3.05, 3.63) is 100 Å². The highest BCUT2D eigenvalue weighted by Crippen LogP contribution is 2.28. The van der Waals surface area contributed by atoms with E-state index < -0.39 is 33.4 Å².